The SMILES string of the molecule is Cc1ccccc1S(=O)(=O)N=C(Nc1ccc(Cl)cc1)N(C)N. The van der Waals surface area contributed by atoms with Crippen LogP contribution in [0.25, 0.3) is 0 Å². The molecule has 0 saturated carbocycles. The van der Waals surface area contributed by atoms with Crippen LogP contribution < -0.4 is 11.2 Å². The Kier molecular flexibility index (Phi) is 5.25. The molecule has 0 atom stereocenters. The maximum Gasteiger partial charge on any atom is 0.285 e. The summed E-state index contributed by atoms with van der Waals surface area (Å²) in [5, 5.41) is 4.54. The Hall–Kier alpha value is -2.09. The van der Waals surface area contributed by atoms with E-state index in [1.54, 1.807) is 49.4 Å². The van der Waals surface area contributed by atoms with E-state index in [1.165, 1.54) is 13.1 Å². The van der Waals surface area contributed by atoms with Crippen LogP contribution in [0.4, 0.5) is 5.69 Å². The molecule has 0 radical (unpaired) electrons. The first-order valence-electron chi connectivity index (χ1n) is 6.71. The maximum atomic E-state index is 12.5. The number of rotatable bonds is 3. The normalized spacial score (nSPS) is 12.1. The second-order valence-corrected chi connectivity index (χ2v) is 6.91. The van der Waals surface area contributed by atoms with Crippen molar-refractivity contribution < 1.29 is 8.42 Å². The van der Waals surface area contributed by atoms with E-state index in [4.69, 9.17) is 17.4 Å². The molecule has 3 N–H and O–H groups in total. The lowest BCUT2D eigenvalue weighted by Crippen LogP contribution is -2.39. The first-order chi connectivity index (χ1) is 10.8. The first kappa shape index (κ1) is 17.3. The van der Waals surface area contributed by atoms with Crippen molar-refractivity contribution in [1.82, 2.24) is 5.01 Å². The van der Waals surface area contributed by atoms with Crippen molar-refractivity contribution in [2.45, 2.75) is 11.8 Å². The van der Waals surface area contributed by atoms with E-state index in [-0.39, 0.29) is 10.9 Å². The van der Waals surface area contributed by atoms with E-state index >= 15 is 0 Å². The van der Waals surface area contributed by atoms with Crippen molar-refractivity contribution in [2.75, 3.05) is 12.4 Å². The van der Waals surface area contributed by atoms with Gasteiger partial charge in [0, 0.05) is 17.8 Å². The third kappa shape index (κ3) is 4.44. The Morgan fingerprint density at radius 2 is 1.78 bits per heavy atom. The van der Waals surface area contributed by atoms with Crippen LogP contribution in [0, 0.1) is 6.92 Å². The van der Waals surface area contributed by atoms with Crippen molar-refractivity contribution in [3.63, 3.8) is 0 Å². The third-order valence-corrected chi connectivity index (χ3v) is 4.69. The highest BCUT2D eigenvalue weighted by molar-refractivity contribution is 7.90. The molecule has 2 rings (SSSR count). The van der Waals surface area contributed by atoms with Gasteiger partial charge in [0.1, 0.15) is 0 Å². The van der Waals surface area contributed by atoms with E-state index in [0.717, 1.165) is 5.01 Å². The van der Waals surface area contributed by atoms with Crippen LogP contribution in [0.1, 0.15) is 5.56 Å². The molecule has 6 nitrogen and oxygen atoms in total. The predicted octanol–water partition coefficient (Wildman–Crippen LogP) is 2.61. The first-order valence-corrected chi connectivity index (χ1v) is 8.53. The van der Waals surface area contributed by atoms with Gasteiger partial charge in [0.25, 0.3) is 10.0 Å². The number of sulfonamides is 1. The Balaban J connectivity index is 2.38. The van der Waals surface area contributed by atoms with Gasteiger partial charge in [-0.2, -0.15) is 8.42 Å². The monoisotopic (exact) mass is 352 g/mol. The van der Waals surface area contributed by atoms with Crippen LogP contribution in [-0.4, -0.2) is 26.4 Å². The van der Waals surface area contributed by atoms with Crippen LogP contribution >= 0.6 is 11.6 Å². The molecular formula is C15H17ClN4O2S. The van der Waals surface area contributed by atoms with Crippen LogP contribution in [0.2, 0.25) is 5.02 Å². The molecule has 0 saturated heterocycles. The van der Waals surface area contributed by atoms with Crippen LogP contribution in [0.5, 0.6) is 0 Å². The highest BCUT2D eigenvalue weighted by Crippen LogP contribution is 2.18. The average molecular weight is 353 g/mol. The zero-order valence-corrected chi connectivity index (χ0v) is 14.3. The van der Waals surface area contributed by atoms with Gasteiger partial charge in [-0.25, -0.2) is 5.84 Å². The molecule has 2 aromatic rings. The molecule has 0 bridgehead atoms. The molecule has 0 aliphatic heterocycles. The minimum atomic E-state index is -3.89. The van der Waals surface area contributed by atoms with Gasteiger partial charge in [0.05, 0.1) is 4.90 Å². The van der Waals surface area contributed by atoms with Gasteiger partial charge in [0.15, 0.2) is 0 Å². The van der Waals surface area contributed by atoms with Crippen molar-refractivity contribution in [3.8, 4) is 0 Å². The Bertz CT molecular complexity index is 818. The summed E-state index contributed by atoms with van der Waals surface area (Å²) in [6.07, 6.45) is 0. The number of guanidine groups is 1. The van der Waals surface area contributed by atoms with Gasteiger partial charge >= 0.3 is 0 Å². The van der Waals surface area contributed by atoms with Crippen LogP contribution in [-0.2, 0) is 10.0 Å². The Morgan fingerprint density at radius 1 is 1.17 bits per heavy atom. The summed E-state index contributed by atoms with van der Waals surface area (Å²) in [6.45, 7) is 1.71. The van der Waals surface area contributed by atoms with E-state index in [1.807, 2.05) is 0 Å². The Morgan fingerprint density at radius 3 is 2.35 bits per heavy atom. The smallest absolute Gasteiger partial charge is 0.285 e. The summed E-state index contributed by atoms with van der Waals surface area (Å²) in [6, 6.07) is 13.4. The number of hydrogen-bond donors (Lipinski definition) is 2. The van der Waals surface area contributed by atoms with Crippen LogP contribution in [0.15, 0.2) is 57.8 Å². The zero-order chi connectivity index (χ0) is 17.0. The fraction of sp³-hybridized carbons (Fsp3) is 0.133. The fourth-order valence-electron chi connectivity index (χ4n) is 1.85. The van der Waals surface area contributed by atoms with Crippen LogP contribution in [0.3, 0.4) is 0 Å². The summed E-state index contributed by atoms with van der Waals surface area (Å²) in [5.74, 6) is 5.68. The standard InChI is InChI=1S/C15H17ClN4O2S/c1-11-5-3-4-6-14(11)23(21,22)19-15(20(2)17)18-13-9-7-12(16)8-10-13/h3-10H,17H2,1-2H3,(H,18,19). The summed E-state index contributed by atoms with van der Waals surface area (Å²) >= 11 is 5.83. The number of anilines is 1. The number of aryl methyl sites for hydroxylation is 1. The molecule has 0 amide bonds. The van der Waals surface area contributed by atoms with Gasteiger partial charge in [-0.3, -0.25) is 5.01 Å². The highest BCUT2D eigenvalue weighted by atomic mass is 35.5. The lowest BCUT2D eigenvalue weighted by atomic mass is 10.2. The molecule has 0 unspecified atom stereocenters. The number of benzene rings is 2. The number of hydrazine groups is 1. The van der Waals surface area contributed by atoms with Crippen molar-refractivity contribution in [1.29, 1.82) is 0 Å². The highest BCUT2D eigenvalue weighted by Gasteiger charge is 2.18. The Labute approximate surface area is 140 Å². The fourth-order valence-corrected chi connectivity index (χ4v) is 3.20. The molecule has 2 aromatic carbocycles. The minimum absolute atomic E-state index is 0.00410. The second kappa shape index (κ2) is 6.99. The summed E-state index contributed by atoms with van der Waals surface area (Å²) in [5.41, 5.74) is 1.23. The van der Waals surface area contributed by atoms with E-state index in [9.17, 15) is 8.42 Å². The number of nitrogens with one attached hydrogen (secondary N) is 1. The molecule has 0 aromatic heterocycles. The van der Waals surface area contributed by atoms with Crippen molar-refractivity contribution >= 4 is 33.3 Å². The number of hydrogen-bond acceptors (Lipinski definition) is 3. The topological polar surface area (TPSA) is 87.8 Å². The average Bonchev–Trinajstić information content (AvgIpc) is 2.48. The van der Waals surface area contributed by atoms with Gasteiger partial charge in [-0.1, -0.05) is 29.8 Å². The van der Waals surface area contributed by atoms with Crippen molar-refractivity contribution in [3.05, 3.63) is 59.1 Å². The van der Waals surface area contributed by atoms with Gasteiger partial charge in [-0.15, -0.1) is 4.40 Å². The summed E-state index contributed by atoms with van der Waals surface area (Å²) in [7, 11) is -2.39. The number of halogens is 1. The third-order valence-electron chi connectivity index (χ3n) is 3.01. The number of nitrogens with zero attached hydrogens (tertiary/aromatic N) is 2. The molecule has 23 heavy (non-hydrogen) atoms. The lowest BCUT2D eigenvalue weighted by molar-refractivity contribution is 0.536. The second-order valence-electron chi connectivity index (χ2n) is 4.90. The van der Waals surface area contributed by atoms with Crippen molar-refractivity contribution in [2.24, 2.45) is 10.2 Å². The van der Waals surface area contributed by atoms with Gasteiger partial charge < -0.3 is 5.32 Å². The molecule has 0 aliphatic rings. The van der Waals surface area contributed by atoms with Gasteiger partial charge in [0.2, 0.25) is 5.96 Å². The summed E-state index contributed by atoms with van der Waals surface area (Å²) < 4.78 is 28.8. The molecular weight excluding hydrogens is 336 g/mol. The largest absolute Gasteiger partial charge is 0.324 e. The number of nitrogens with two attached hydrogens (primary N) is 1. The maximum absolute atomic E-state index is 12.5. The molecule has 0 spiro atoms. The molecule has 0 aliphatic carbocycles. The molecule has 122 valence electrons. The predicted molar refractivity (Wildman–Crippen MR) is 92.8 cm³/mol. The minimum Gasteiger partial charge on any atom is -0.324 e. The lowest BCUT2D eigenvalue weighted by Gasteiger charge is -2.17. The quantitative estimate of drug-likeness (QED) is 0.383. The van der Waals surface area contributed by atoms with E-state index in [0.29, 0.717) is 16.3 Å². The zero-order valence-electron chi connectivity index (χ0n) is 12.7. The van der Waals surface area contributed by atoms with Gasteiger partial charge in [-0.05, 0) is 42.8 Å². The van der Waals surface area contributed by atoms with E-state index < -0.39 is 10.0 Å². The molecule has 0 heterocycles. The van der Waals surface area contributed by atoms with E-state index in [2.05, 4.69) is 9.71 Å². The molecule has 8 heteroatoms. The summed E-state index contributed by atoms with van der Waals surface area (Å²) in [4.78, 5) is 0.136. The molecule has 0 fully saturated rings.